The molecule has 15 heteroatoms. The number of hydrogen-bond donors (Lipinski definition) is 3. The van der Waals surface area contributed by atoms with Crippen molar-refractivity contribution in [3.63, 3.8) is 0 Å². The standard InChI is InChI=1S/C44H59N7O7Si/c1-29-26-50(28-35(48-41(53)57-43(2,3)4)39(29)58-59(8,9)44(5,6)7)36-17-18-45-25-34(36)47-40(52)38-37(51(42(54)55)27-30-13-11-10-12-14-30)23-31-15-16-32(24-33(31)46-38)49-19-21-56-22-20-49/h10-18,23-25,29,35,39H,19-22,26-28H2,1-9H3,(H,47,52)(H,48,53)(H,54,55)/t29-,35+,39+/m0/s1. The van der Waals surface area contributed by atoms with Crippen molar-refractivity contribution in [2.45, 2.75) is 90.9 Å². The van der Waals surface area contributed by atoms with Crippen LogP contribution < -0.4 is 25.3 Å². The van der Waals surface area contributed by atoms with Crippen molar-refractivity contribution in [3.8, 4) is 0 Å². The van der Waals surface area contributed by atoms with E-state index in [2.05, 4.69) is 66.2 Å². The third-order valence-corrected chi connectivity index (χ3v) is 15.8. The first-order valence-electron chi connectivity index (χ1n) is 20.3. The Kier molecular flexibility index (Phi) is 12.9. The topological polar surface area (TPSA) is 159 Å². The summed E-state index contributed by atoms with van der Waals surface area (Å²) < 4.78 is 18.3. The first-order valence-corrected chi connectivity index (χ1v) is 23.2. The number of pyridine rings is 2. The van der Waals surface area contributed by atoms with Crippen molar-refractivity contribution in [1.82, 2.24) is 15.3 Å². The Bertz CT molecular complexity index is 2130. The van der Waals surface area contributed by atoms with Crippen LogP contribution in [0.3, 0.4) is 0 Å². The Morgan fingerprint density at radius 3 is 2.34 bits per heavy atom. The van der Waals surface area contributed by atoms with Gasteiger partial charge in [0.05, 0.1) is 60.7 Å². The molecule has 0 unspecified atom stereocenters. The fraction of sp³-hybridized carbons (Fsp3) is 0.477. The number of carbonyl (C=O) groups is 3. The molecule has 0 saturated carbocycles. The van der Waals surface area contributed by atoms with Crippen LogP contribution in [-0.4, -0.2) is 98.6 Å². The van der Waals surface area contributed by atoms with Crippen molar-refractivity contribution in [3.05, 3.63) is 84.3 Å². The molecule has 3 atom stereocenters. The number of hydrogen-bond acceptors (Lipinski definition) is 10. The number of fused-ring (bicyclic) bond motifs is 1. The van der Waals surface area contributed by atoms with E-state index in [4.69, 9.17) is 18.9 Å². The van der Waals surface area contributed by atoms with Crippen molar-refractivity contribution >= 4 is 60.1 Å². The van der Waals surface area contributed by atoms with Gasteiger partial charge in [0, 0.05) is 49.4 Å². The molecule has 4 heterocycles. The Morgan fingerprint density at radius 1 is 0.966 bits per heavy atom. The number of carboxylic acid groups (broad SMARTS) is 1. The maximum Gasteiger partial charge on any atom is 0.412 e. The first kappa shape index (κ1) is 43.3. The molecular formula is C44H59N7O7Si. The average Bonchev–Trinajstić information content (AvgIpc) is 3.17. The predicted octanol–water partition coefficient (Wildman–Crippen LogP) is 8.14. The van der Waals surface area contributed by atoms with Gasteiger partial charge in [-0.1, -0.05) is 64.1 Å². The van der Waals surface area contributed by atoms with Gasteiger partial charge >= 0.3 is 12.2 Å². The van der Waals surface area contributed by atoms with Gasteiger partial charge in [0.2, 0.25) is 0 Å². The van der Waals surface area contributed by atoms with E-state index in [1.54, 1.807) is 18.5 Å². The number of piperidine rings is 1. The molecule has 4 aromatic rings. The molecule has 6 rings (SSSR count). The van der Waals surface area contributed by atoms with Gasteiger partial charge < -0.3 is 39.4 Å². The summed E-state index contributed by atoms with van der Waals surface area (Å²) in [4.78, 5) is 55.6. The molecule has 14 nitrogen and oxygen atoms in total. The van der Waals surface area contributed by atoms with E-state index in [1.807, 2.05) is 75.4 Å². The summed E-state index contributed by atoms with van der Waals surface area (Å²) in [6.07, 6.45) is 1.18. The molecule has 0 bridgehead atoms. The second-order valence-electron chi connectivity index (χ2n) is 18.0. The highest BCUT2D eigenvalue weighted by Gasteiger charge is 2.45. The van der Waals surface area contributed by atoms with E-state index in [1.165, 1.54) is 0 Å². The summed E-state index contributed by atoms with van der Waals surface area (Å²) in [5.74, 6) is -0.633. The third-order valence-electron chi connectivity index (χ3n) is 11.3. The zero-order valence-corrected chi connectivity index (χ0v) is 36.7. The molecule has 2 aliphatic rings. The van der Waals surface area contributed by atoms with Crippen LogP contribution in [0.25, 0.3) is 10.9 Å². The summed E-state index contributed by atoms with van der Waals surface area (Å²) in [5.41, 5.74) is 2.72. The number of alkyl carbamates (subject to hydrolysis) is 1. The Balaban J connectivity index is 1.36. The molecule has 2 aromatic heterocycles. The quantitative estimate of drug-likeness (QED) is 0.133. The van der Waals surface area contributed by atoms with Gasteiger partial charge in [-0.25, -0.2) is 14.6 Å². The van der Waals surface area contributed by atoms with Crippen LogP contribution in [0.15, 0.2) is 73.1 Å². The van der Waals surface area contributed by atoms with Crippen LogP contribution >= 0.6 is 0 Å². The number of nitrogens with one attached hydrogen (secondary N) is 2. The van der Waals surface area contributed by atoms with Gasteiger partial charge in [-0.05, 0) is 68.7 Å². The molecule has 3 amide bonds. The van der Waals surface area contributed by atoms with Crippen LogP contribution in [0.5, 0.6) is 0 Å². The highest BCUT2D eigenvalue weighted by atomic mass is 28.4. The van der Waals surface area contributed by atoms with Crippen molar-refractivity contribution in [2.24, 2.45) is 5.92 Å². The van der Waals surface area contributed by atoms with E-state index in [-0.39, 0.29) is 35.0 Å². The monoisotopic (exact) mass is 825 g/mol. The minimum atomic E-state index is -2.27. The number of rotatable bonds is 10. The molecular weight excluding hydrogens is 767 g/mol. The number of aromatic nitrogens is 2. The predicted molar refractivity (Wildman–Crippen MR) is 234 cm³/mol. The zero-order valence-electron chi connectivity index (χ0n) is 35.7. The van der Waals surface area contributed by atoms with E-state index >= 15 is 0 Å². The zero-order chi connectivity index (χ0) is 42.7. The van der Waals surface area contributed by atoms with Crippen molar-refractivity contribution in [1.29, 1.82) is 0 Å². The number of amides is 3. The minimum Gasteiger partial charge on any atom is -0.465 e. The molecule has 0 radical (unpaired) electrons. The van der Waals surface area contributed by atoms with Crippen LogP contribution in [0.2, 0.25) is 18.1 Å². The van der Waals surface area contributed by atoms with Crippen molar-refractivity contribution < 1.29 is 33.4 Å². The number of benzene rings is 2. The molecule has 0 aliphatic carbocycles. The lowest BCUT2D eigenvalue weighted by molar-refractivity contribution is 0.0336. The van der Waals surface area contributed by atoms with Gasteiger partial charge in [-0.3, -0.25) is 14.7 Å². The van der Waals surface area contributed by atoms with Gasteiger partial charge in [-0.2, -0.15) is 0 Å². The smallest absolute Gasteiger partial charge is 0.412 e. The molecule has 0 spiro atoms. The molecule has 59 heavy (non-hydrogen) atoms. The second kappa shape index (κ2) is 17.5. The highest BCUT2D eigenvalue weighted by molar-refractivity contribution is 6.74. The summed E-state index contributed by atoms with van der Waals surface area (Å²) in [7, 11) is -2.27. The molecule has 2 fully saturated rings. The Morgan fingerprint density at radius 2 is 1.68 bits per heavy atom. The number of ether oxygens (including phenoxy) is 2. The lowest BCUT2D eigenvalue weighted by atomic mass is 9.92. The van der Waals surface area contributed by atoms with Crippen LogP contribution in [-0.2, 0) is 20.4 Å². The molecule has 2 saturated heterocycles. The van der Waals surface area contributed by atoms with Crippen LogP contribution in [0, 0.1) is 5.92 Å². The lowest BCUT2D eigenvalue weighted by Crippen LogP contribution is -2.63. The first-order chi connectivity index (χ1) is 27.8. The maximum absolute atomic E-state index is 14.6. The van der Waals surface area contributed by atoms with E-state index in [9.17, 15) is 19.5 Å². The average molecular weight is 826 g/mol. The third kappa shape index (κ3) is 10.5. The number of carbonyl (C=O) groups excluding carboxylic acids is 2. The van der Waals surface area contributed by atoms with Crippen LogP contribution in [0.4, 0.5) is 32.3 Å². The minimum absolute atomic E-state index is 0.00343. The van der Waals surface area contributed by atoms with Crippen LogP contribution in [0.1, 0.15) is 64.5 Å². The number of nitrogens with zero attached hydrogens (tertiary/aromatic N) is 5. The molecule has 316 valence electrons. The Labute approximate surface area is 348 Å². The Hall–Kier alpha value is -5.25. The summed E-state index contributed by atoms with van der Waals surface area (Å²) in [6, 6.07) is 18.1. The summed E-state index contributed by atoms with van der Waals surface area (Å²) in [6.45, 7) is 22.2. The largest absolute Gasteiger partial charge is 0.465 e. The van der Waals surface area contributed by atoms with Gasteiger partial charge in [0.1, 0.15) is 5.60 Å². The van der Waals surface area contributed by atoms with Gasteiger partial charge in [0.15, 0.2) is 14.0 Å². The summed E-state index contributed by atoms with van der Waals surface area (Å²) >= 11 is 0. The van der Waals surface area contributed by atoms with E-state index in [0.29, 0.717) is 48.6 Å². The number of morpholine rings is 1. The number of anilines is 4. The molecule has 3 N–H and O–H groups in total. The molecule has 2 aromatic carbocycles. The lowest BCUT2D eigenvalue weighted by Gasteiger charge is -2.48. The van der Waals surface area contributed by atoms with E-state index < -0.39 is 38.1 Å². The fourth-order valence-corrected chi connectivity index (χ4v) is 8.69. The van der Waals surface area contributed by atoms with Crippen molar-refractivity contribution in [2.75, 3.05) is 59.4 Å². The van der Waals surface area contributed by atoms with E-state index in [0.717, 1.165) is 29.2 Å². The normalized spacial score (nSPS) is 19.0. The highest BCUT2D eigenvalue weighted by Crippen LogP contribution is 2.40. The van der Waals surface area contributed by atoms with Gasteiger partial charge in [0.25, 0.3) is 5.91 Å². The summed E-state index contributed by atoms with van der Waals surface area (Å²) in [5, 5.41) is 17.4. The maximum atomic E-state index is 14.6. The molecule has 2 aliphatic heterocycles. The van der Waals surface area contributed by atoms with Gasteiger partial charge in [-0.15, -0.1) is 0 Å². The fourth-order valence-electron chi connectivity index (χ4n) is 7.26. The SMILES string of the molecule is C[C@H]1CN(c2ccncc2NC(=O)c2nc3cc(N4CCOCC4)ccc3cc2N(Cc2ccccc2)C(=O)O)C[C@@H](NC(=O)OC(C)(C)C)[C@@H]1O[Si](C)(C)C(C)(C)C. The second-order valence-corrected chi connectivity index (χ2v) is 22.8.